The first kappa shape index (κ1) is 50.7. The summed E-state index contributed by atoms with van der Waals surface area (Å²) in [6.07, 6.45) is 3.04. The summed E-state index contributed by atoms with van der Waals surface area (Å²) in [4.78, 5) is 96.7. The molecule has 1 saturated carbocycles. The quantitative estimate of drug-likeness (QED) is 0.0970. The van der Waals surface area contributed by atoms with Crippen LogP contribution in [0.15, 0.2) is 60.7 Å². The molecule has 0 unspecified atom stereocenters. The summed E-state index contributed by atoms with van der Waals surface area (Å²) in [5.41, 5.74) is 0.196. The average Bonchev–Trinajstić information content (AvgIpc) is 3.58. The van der Waals surface area contributed by atoms with Crippen molar-refractivity contribution in [2.45, 2.75) is 149 Å². The third-order valence-corrected chi connectivity index (χ3v) is 12.4. The number of alkyl carbamates (subject to hydrolysis) is 2. The van der Waals surface area contributed by atoms with Crippen molar-refractivity contribution in [3.05, 3.63) is 71.8 Å². The molecule has 14 nitrogen and oxygen atoms in total. The van der Waals surface area contributed by atoms with Gasteiger partial charge >= 0.3 is 12.2 Å². The molecule has 4 N–H and O–H groups in total. The number of ether oxygens (including phenoxy) is 2. The smallest absolute Gasteiger partial charge is 0.408 e. The zero-order valence-corrected chi connectivity index (χ0v) is 39.9. The van der Waals surface area contributed by atoms with E-state index in [-0.39, 0.29) is 65.8 Å². The second-order valence-electron chi connectivity index (χ2n) is 21.4. The van der Waals surface area contributed by atoms with Crippen LogP contribution < -0.4 is 21.3 Å². The number of benzene rings is 2. The number of carbonyl (C=O) groups excluding carboxylic acids is 7. The van der Waals surface area contributed by atoms with E-state index < -0.39 is 53.2 Å². The van der Waals surface area contributed by atoms with E-state index >= 15 is 0 Å². The van der Waals surface area contributed by atoms with E-state index in [1.807, 2.05) is 79.4 Å². The highest BCUT2D eigenvalue weighted by Crippen LogP contribution is 2.61. The lowest BCUT2D eigenvalue weighted by Crippen LogP contribution is -2.67. The van der Waals surface area contributed by atoms with Crippen molar-refractivity contribution in [1.29, 1.82) is 0 Å². The van der Waals surface area contributed by atoms with Gasteiger partial charge in [0.2, 0.25) is 17.7 Å². The predicted octanol–water partition coefficient (Wildman–Crippen LogP) is 6.87. The molecule has 0 bridgehead atoms. The first-order chi connectivity index (χ1) is 30.5. The Labute approximate surface area is 385 Å². The van der Waals surface area contributed by atoms with Gasteiger partial charge in [-0.1, -0.05) is 80.9 Å². The number of nitrogens with zero attached hydrogens (tertiary/aromatic N) is 1. The zero-order chi connectivity index (χ0) is 47.6. The summed E-state index contributed by atoms with van der Waals surface area (Å²) in [6.45, 7) is 16.7. The number of hydrogen-bond acceptors (Lipinski definition) is 9. The van der Waals surface area contributed by atoms with Gasteiger partial charge in [0.15, 0.2) is 11.6 Å². The molecule has 3 fully saturated rings. The van der Waals surface area contributed by atoms with E-state index in [0.717, 1.165) is 24.0 Å². The molecule has 4 atom stereocenters. The molecule has 2 heterocycles. The van der Waals surface area contributed by atoms with Crippen molar-refractivity contribution in [1.82, 2.24) is 26.2 Å². The lowest BCUT2D eigenvalue weighted by atomic mass is 9.49. The molecular weight excluding hydrogens is 827 g/mol. The normalized spacial score (nSPS) is 18.0. The van der Waals surface area contributed by atoms with Crippen molar-refractivity contribution in [3.63, 3.8) is 0 Å². The van der Waals surface area contributed by atoms with Crippen molar-refractivity contribution in [2.75, 3.05) is 26.2 Å². The van der Waals surface area contributed by atoms with Crippen LogP contribution in [-0.4, -0.2) is 95.8 Å². The largest absolute Gasteiger partial charge is 0.444 e. The molecule has 5 amide bonds. The molecule has 2 aromatic rings. The molecule has 5 rings (SSSR count). The highest BCUT2D eigenvalue weighted by atomic mass is 16.6. The summed E-state index contributed by atoms with van der Waals surface area (Å²) < 4.78 is 10.9. The Morgan fingerprint density at radius 2 is 1.26 bits per heavy atom. The van der Waals surface area contributed by atoms with Gasteiger partial charge < -0.3 is 35.6 Å². The van der Waals surface area contributed by atoms with Crippen LogP contribution in [0.3, 0.4) is 0 Å². The predicted molar refractivity (Wildman–Crippen MR) is 247 cm³/mol. The molecule has 3 aliphatic rings. The van der Waals surface area contributed by atoms with Crippen LogP contribution in [0.2, 0.25) is 0 Å². The van der Waals surface area contributed by atoms with Crippen molar-refractivity contribution in [2.24, 2.45) is 28.6 Å². The maximum atomic E-state index is 14.5. The van der Waals surface area contributed by atoms with Crippen LogP contribution in [0.4, 0.5) is 9.59 Å². The van der Waals surface area contributed by atoms with Gasteiger partial charge in [0.25, 0.3) is 0 Å². The first-order valence-corrected chi connectivity index (χ1v) is 23.5. The van der Waals surface area contributed by atoms with E-state index in [1.165, 1.54) is 0 Å². The molecule has 0 aromatic heterocycles. The lowest BCUT2D eigenvalue weighted by Gasteiger charge is -2.63. The van der Waals surface area contributed by atoms with Gasteiger partial charge in [0.1, 0.15) is 11.2 Å². The number of likely N-dealkylation sites (tertiary alicyclic amines) is 1. The van der Waals surface area contributed by atoms with Gasteiger partial charge in [-0.2, -0.15) is 0 Å². The van der Waals surface area contributed by atoms with Crippen molar-refractivity contribution < 1.29 is 43.0 Å². The summed E-state index contributed by atoms with van der Waals surface area (Å²) >= 11 is 0. The summed E-state index contributed by atoms with van der Waals surface area (Å²) in [5, 5.41) is 11.5. The Morgan fingerprint density at radius 1 is 0.708 bits per heavy atom. The van der Waals surface area contributed by atoms with E-state index in [0.29, 0.717) is 58.3 Å². The summed E-state index contributed by atoms with van der Waals surface area (Å²) in [5.74, 6) is -2.61. The number of unbranched alkanes of at least 4 members (excludes halogenated alkanes) is 1. The molecule has 2 aliphatic heterocycles. The molecule has 2 saturated heterocycles. The highest BCUT2D eigenvalue weighted by molar-refractivity contribution is 5.95. The van der Waals surface area contributed by atoms with Gasteiger partial charge in [0, 0.05) is 62.7 Å². The Kier molecular flexibility index (Phi) is 17.0. The average molecular weight is 900 g/mol. The fourth-order valence-corrected chi connectivity index (χ4v) is 9.78. The first-order valence-electron chi connectivity index (χ1n) is 23.5. The van der Waals surface area contributed by atoms with Gasteiger partial charge in [0.05, 0.1) is 12.1 Å². The molecule has 2 aromatic carbocycles. The zero-order valence-electron chi connectivity index (χ0n) is 39.9. The molecule has 14 heteroatoms. The standard InChI is InChI=1S/C51H73N5O9/c1-34(2)23-39(54-44(60)38(24-35-17-11-9-12-18-35)27-42(58)40(25-36-19-13-10-14-20-36)55-47(63)65-49(6,7)8)41(57)26-37(21-15-16-22-52-46(62)64-48(3,4)5)45(61)56-32-51(33-56)29-50(30-51)28-43(59)53-31-50/h9-14,17-20,34,37-40H,15-16,21-33H2,1-8H3,(H,52,62)(H,53,59)(H,54,60)(H,55,63)/t37-,38-,39+,40+/m0/s1. The topological polar surface area (TPSA) is 189 Å². The fraction of sp³-hybridized carbons (Fsp3) is 0.627. The van der Waals surface area contributed by atoms with Gasteiger partial charge in [-0.15, -0.1) is 0 Å². The van der Waals surface area contributed by atoms with Crippen LogP contribution in [-0.2, 0) is 46.3 Å². The highest BCUT2D eigenvalue weighted by Gasteiger charge is 2.62. The van der Waals surface area contributed by atoms with Crippen LogP contribution in [0, 0.1) is 28.6 Å². The number of ketones is 2. The maximum Gasteiger partial charge on any atom is 0.408 e. The summed E-state index contributed by atoms with van der Waals surface area (Å²) in [6, 6.07) is 16.8. The number of amides is 5. The third-order valence-electron chi connectivity index (χ3n) is 12.4. The molecule has 0 radical (unpaired) electrons. The number of rotatable bonds is 21. The van der Waals surface area contributed by atoms with E-state index in [4.69, 9.17) is 9.47 Å². The Balaban J connectivity index is 1.30. The molecule has 65 heavy (non-hydrogen) atoms. The lowest BCUT2D eigenvalue weighted by molar-refractivity contribution is -0.171. The van der Waals surface area contributed by atoms with Crippen LogP contribution in [0.25, 0.3) is 0 Å². The SMILES string of the molecule is CC(C)C[C@@H](NC(=O)[C@H](CC(=O)[C@@H](Cc1ccccc1)NC(=O)OC(C)(C)C)Cc1ccccc1)C(=O)C[C@H](CCCCNC(=O)OC(C)(C)C)C(=O)N1CC2(C1)CC1(CNC(=O)C1)C2. The van der Waals surface area contributed by atoms with E-state index in [1.54, 1.807) is 41.5 Å². The van der Waals surface area contributed by atoms with Crippen molar-refractivity contribution >= 4 is 41.5 Å². The minimum Gasteiger partial charge on any atom is -0.444 e. The molecular formula is C51H73N5O9. The van der Waals surface area contributed by atoms with Crippen LogP contribution in [0.1, 0.15) is 124 Å². The molecule has 1 aliphatic carbocycles. The second kappa shape index (κ2) is 21.8. The Bertz CT molecular complexity index is 1980. The van der Waals surface area contributed by atoms with Gasteiger partial charge in [-0.05, 0) is 109 Å². The van der Waals surface area contributed by atoms with Crippen LogP contribution >= 0.6 is 0 Å². The number of hydrogen-bond donors (Lipinski definition) is 4. The molecule has 2 spiro atoms. The third kappa shape index (κ3) is 15.7. The summed E-state index contributed by atoms with van der Waals surface area (Å²) in [7, 11) is 0. The van der Waals surface area contributed by atoms with Gasteiger partial charge in [-0.25, -0.2) is 9.59 Å². The minimum absolute atomic E-state index is 0.00423. The number of Topliss-reactive ketones (excluding diaryl/α,β-unsaturated/α-hetero) is 2. The Hall–Kier alpha value is -5.27. The minimum atomic E-state index is -0.985. The van der Waals surface area contributed by atoms with Crippen molar-refractivity contribution in [3.8, 4) is 0 Å². The van der Waals surface area contributed by atoms with Gasteiger partial charge in [-0.3, -0.25) is 24.0 Å². The fourth-order valence-electron chi connectivity index (χ4n) is 9.78. The second-order valence-corrected chi connectivity index (χ2v) is 21.4. The monoisotopic (exact) mass is 900 g/mol. The van der Waals surface area contributed by atoms with E-state index in [9.17, 15) is 33.6 Å². The number of nitrogens with one attached hydrogen (secondary N) is 4. The van der Waals surface area contributed by atoms with Crippen LogP contribution in [0.5, 0.6) is 0 Å². The van der Waals surface area contributed by atoms with E-state index in [2.05, 4.69) is 21.3 Å². The maximum absolute atomic E-state index is 14.5. The Morgan fingerprint density at radius 3 is 1.82 bits per heavy atom. The molecule has 356 valence electrons. The number of carbonyl (C=O) groups is 7.